The van der Waals surface area contributed by atoms with E-state index in [-0.39, 0.29) is 25.6 Å². The Morgan fingerprint density at radius 2 is 1.86 bits per heavy atom. The molecule has 226 valence electrons. The number of methoxy groups -OCH3 is 1. The molecule has 4 rings (SSSR count). The zero-order valence-corrected chi connectivity index (χ0v) is 24.7. The zero-order valence-electron chi connectivity index (χ0n) is 24.7. The van der Waals surface area contributed by atoms with Gasteiger partial charge in [-0.25, -0.2) is 0 Å². The summed E-state index contributed by atoms with van der Waals surface area (Å²) in [6, 6.07) is 10.2. The van der Waals surface area contributed by atoms with Gasteiger partial charge in [-0.05, 0) is 37.1 Å². The summed E-state index contributed by atoms with van der Waals surface area (Å²) in [4.78, 5) is 40.6. The number of nitrogens with zero attached hydrogens (tertiary/aromatic N) is 1. The van der Waals surface area contributed by atoms with Crippen molar-refractivity contribution in [2.75, 3.05) is 20.3 Å². The predicted octanol–water partition coefficient (Wildman–Crippen LogP) is 3.83. The monoisotopic (exact) mass is 578 g/mol. The van der Waals surface area contributed by atoms with E-state index >= 15 is 0 Å². The van der Waals surface area contributed by atoms with Gasteiger partial charge in [0.15, 0.2) is 11.5 Å². The summed E-state index contributed by atoms with van der Waals surface area (Å²) in [6.45, 7) is 4.18. The average Bonchev–Trinajstić information content (AvgIpc) is 3.39. The molecule has 0 fully saturated rings. The molecule has 1 aliphatic carbocycles. The first-order valence-corrected chi connectivity index (χ1v) is 14.8. The molecule has 42 heavy (non-hydrogen) atoms. The minimum atomic E-state index is -1.17. The number of aldehydes is 1. The normalized spacial score (nSPS) is 20.5. The molecule has 2 amide bonds. The summed E-state index contributed by atoms with van der Waals surface area (Å²) in [5.41, 5.74) is 3.20. The van der Waals surface area contributed by atoms with Crippen molar-refractivity contribution in [3.63, 3.8) is 0 Å². The topological polar surface area (TPSA) is 125 Å². The van der Waals surface area contributed by atoms with Gasteiger partial charge >= 0.3 is 0 Å². The molecule has 2 aromatic carbocycles. The number of amides is 2. The molecule has 9 heteroatoms. The van der Waals surface area contributed by atoms with E-state index in [1.807, 2.05) is 31.2 Å². The van der Waals surface area contributed by atoms with Crippen LogP contribution in [0, 0.1) is 6.92 Å². The van der Waals surface area contributed by atoms with Gasteiger partial charge in [0.2, 0.25) is 11.8 Å². The molecule has 4 atom stereocenters. The van der Waals surface area contributed by atoms with Crippen molar-refractivity contribution in [2.45, 2.75) is 83.1 Å². The van der Waals surface area contributed by atoms with Crippen LogP contribution in [0.25, 0.3) is 0 Å². The van der Waals surface area contributed by atoms with E-state index in [9.17, 15) is 24.6 Å². The van der Waals surface area contributed by atoms with Gasteiger partial charge in [-0.15, -0.1) is 0 Å². The lowest BCUT2D eigenvalue weighted by atomic mass is 9.77. The smallest absolute Gasteiger partial charge is 0.247 e. The molecule has 0 aromatic heterocycles. The average molecular weight is 579 g/mol. The highest BCUT2D eigenvalue weighted by molar-refractivity contribution is 5.96. The Bertz CT molecular complexity index is 1290. The Hall–Kier alpha value is -3.69. The SMILES string of the molecule is CCCCCCCC(=O)N(Cc1ccc(C)cc1)C1C=C(C(=O)NCCO)C2c3cc(C=O)cc(OC)c3OC2C1O. The van der Waals surface area contributed by atoms with Gasteiger partial charge in [0, 0.05) is 36.2 Å². The van der Waals surface area contributed by atoms with Crippen molar-refractivity contribution in [1.29, 1.82) is 0 Å². The molecule has 0 bridgehead atoms. The Balaban J connectivity index is 1.74. The molecular weight excluding hydrogens is 536 g/mol. The third-order valence-corrected chi connectivity index (χ3v) is 8.06. The zero-order chi connectivity index (χ0) is 30.2. The fourth-order valence-corrected chi connectivity index (χ4v) is 5.83. The lowest BCUT2D eigenvalue weighted by Gasteiger charge is -2.41. The molecule has 3 N–H and O–H groups in total. The minimum absolute atomic E-state index is 0.0377. The Kier molecular flexibility index (Phi) is 10.8. The van der Waals surface area contributed by atoms with Crippen molar-refractivity contribution in [3.05, 3.63) is 70.3 Å². The number of carbonyl (C=O) groups excluding carboxylic acids is 3. The molecule has 2 aliphatic rings. The van der Waals surface area contributed by atoms with Gasteiger partial charge in [-0.2, -0.15) is 0 Å². The summed E-state index contributed by atoms with van der Waals surface area (Å²) in [7, 11) is 1.46. The van der Waals surface area contributed by atoms with Crippen molar-refractivity contribution in [2.24, 2.45) is 0 Å². The summed E-state index contributed by atoms with van der Waals surface area (Å²) < 4.78 is 11.8. The number of fused-ring (bicyclic) bond motifs is 3. The maximum absolute atomic E-state index is 13.8. The van der Waals surface area contributed by atoms with Crippen LogP contribution in [-0.2, 0) is 16.1 Å². The van der Waals surface area contributed by atoms with Crippen molar-refractivity contribution in [3.8, 4) is 11.5 Å². The van der Waals surface area contributed by atoms with Crippen LogP contribution >= 0.6 is 0 Å². The van der Waals surface area contributed by atoms with Crippen LogP contribution in [0.4, 0.5) is 0 Å². The Morgan fingerprint density at radius 1 is 1.12 bits per heavy atom. The molecular formula is C33H42N2O7. The van der Waals surface area contributed by atoms with Gasteiger partial charge in [0.05, 0.1) is 25.7 Å². The molecule has 2 aromatic rings. The quantitative estimate of drug-likeness (QED) is 0.230. The van der Waals surface area contributed by atoms with Crippen LogP contribution in [0.15, 0.2) is 48.0 Å². The molecule has 0 saturated heterocycles. The van der Waals surface area contributed by atoms with Gasteiger partial charge < -0.3 is 29.9 Å². The molecule has 0 saturated carbocycles. The number of rotatable bonds is 14. The van der Waals surface area contributed by atoms with E-state index in [2.05, 4.69) is 12.2 Å². The van der Waals surface area contributed by atoms with Crippen LogP contribution < -0.4 is 14.8 Å². The van der Waals surface area contributed by atoms with Crippen LogP contribution in [-0.4, -0.2) is 71.7 Å². The number of nitrogens with one attached hydrogen (secondary N) is 1. The second kappa shape index (κ2) is 14.5. The maximum atomic E-state index is 13.8. The van der Waals surface area contributed by atoms with E-state index in [1.165, 1.54) is 7.11 Å². The van der Waals surface area contributed by atoms with E-state index in [0.717, 1.165) is 43.2 Å². The van der Waals surface area contributed by atoms with Crippen LogP contribution in [0.3, 0.4) is 0 Å². The van der Waals surface area contributed by atoms with Crippen molar-refractivity contribution in [1.82, 2.24) is 10.2 Å². The minimum Gasteiger partial charge on any atom is -0.493 e. The van der Waals surface area contributed by atoms with Crippen LogP contribution in [0.5, 0.6) is 11.5 Å². The van der Waals surface area contributed by atoms with Crippen LogP contribution in [0.2, 0.25) is 0 Å². The van der Waals surface area contributed by atoms with E-state index in [0.29, 0.717) is 40.9 Å². The highest BCUT2D eigenvalue weighted by Gasteiger charge is 2.51. The second-order valence-electron chi connectivity index (χ2n) is 11.1. The summed E-state index contributed by atoms with van der Waals surface area (Å²) >= 11 is 0. The van der Waals surface area contributed by atoms with Crippen LogP contribution in [0.1, 0.15) is 78.4 Å². The number of carbonyl (C=O) groups is 3. The van der Waals surface area contributed by atoms with Gasteiger partial charge in [-0.3, -0.25) is 14.4 Å². The number of ether oxygens (including phenoxy) is 2. The number of hydrogen-bond donors (Lipinski definition) is 3. The molecule has 4 unspecified atom stereocenters. The highest BCUT2D eigenvalue weighted by atomic mass is 16.5. The van der Waals surface area contributed by atoms with Crippen molar-refractivity contribution >= 4 is 18.1 Å². The number of unbranched alkanes of at least 4 members (excludes halogenated alkanes) is 4. The largest absolute Gasteiger partial charge is 0.493 e. The number of aryl methyl sites for hydroxylation is 1. The molecule has 0 radical (unpaired) electrons. The molecule has 1 aliphatic heterocycles. The fraction of sp³-hybridized carbons (Fsp3) is 0.485. The lowest BCUT2D eigenvalue weighted by molar-refractivity contribution is -0.138. The first-order valence-electron chi connectivity index (χ1n) is 14.8. The van der Waals surface area contributed by atoms with Crippen molar-refractivity contribution < 1.29 is 34.1 Å². The number of aliphatic hydroxyl groups is 2. The van der Waals surface area contributed by atoms with E-state index in [1.54, 1.807) is 23.1 Å². The van der Waals surface area contributed by atoms with E-state index in [4.69, 9.17) is 9.47 Å². The number of aliphatic hydroxyl groups excluding tert-OH is 2. The maximum Gasteiger partial charge on any atom is 0.247 e. The fourth-order valence-electron chi connectivity index (χ4n) is 5.83. The summed E-state index contributed by atoms with van der Waals surface area (Å²) in [6.07, 6.45) is 5.56. The first-order chi connectivity index (χ1) is 20.3. The first kappa shape index (κ1) is 31.3. The predicted molar refractivity (Wildman–Crippen MR) is 159 cm³/mol. The second-order valence-corrected chi connectivity index (χ2v) is 11.1. The van der Waals surface area contributed by atoms with Gasteiger partial charge in [0.25, 0.3) is 0 Å². The third kappa shape index (κ3) is 6.85. The molecule has 1 heterocycles. The number of benzene rings is 2. The van der Waals surface area contributed by atoms with Gasteiger partial charge in [0.1, 0.15) is 18.5 Å². The van der Waals surface area contributed by atoms with Gasteiger partial charge in [-0.1, -0.05) is 62.4 Å². The lowest BCUT2D eigenvalue weighted by Crippen LogP contribution is -2.55. The number of hydrogen-bond acceptors (Lipinski definition) is 7. The molecule has 9 nitrogen and oxygen atoms in total. The summed E-state index contributed by atoms with van der Waals surface area (Å²) in [5.74, 6) is -0.583. The standard InChI is InChI=1S/C33H42N2O7/c1-4-5-6-7-8-9-28(38)35(19-22-12-10-21(2)11-13-22)26-18-25(33(40)34-14-15-36)29-24-16-23(20-37)17-27(41-3)31(24)42-32(29)30(26)39/h10-13,16-18,20,26,29-30,32,36,39H,4-9,14-15,19H2,1-3H3,(H,34,40). The Labute approximate surface area is 247 Å². The highest BCUT2D eigenvalue weighted by Crippen LogP contribution is 2.51. The Morgan fingerprint density at radius 3 is 2.52 bits per heavy atom. The molecule has 0 spiro atoms. The summed E-state index contributed by atoms with van der Waals surface area (Å²) in [5, 5.41) is 23.9. The van der Waals surface area contributed by atoms with E-state index < -0.39 is 30.1 Å². The third-order valence-electron chi connectivity index (χ3n) is 8.06.